The number of carbonyl (C=O) groups excluding carboxylic acids is 1. The Balaban J connectivity index is 1.89. The van der Waals surface area contributed by atoms with E-state index in [1.54, 1.807) is 20.0 Å². The number of hydrogen-bond acceptors (Lipinski definition) is 5. The molecule has 0 fully saturated rings. The van der Waals surface area contributed by atoms with Gasteiger partial charge in [-0.05, 0) is 19.9 Å². The molecular formula is C16H13N3O3. The second-order valence-corrected chi connectivity index (χ2v) is 4.91. The molecule has 1 aliphatic heterocycles. The minimum absolute atomic E-state index is 0.203. The molecule has 0 N–H and O–H groups in total. The average Bonchev–Trinajstić information content (AvgIpc) is 3.06. The summed E-state index contributed by atoms with van der Waals surface area (Å²) in [5.74, 6) is -0.404. The molecule has 0 amide bonds. The van der Waals surface area contributed by atoms with Gasteiger partial charge >= 0.3 is 5.97 Å². The summed E-state index contributed by atoms with van der Waals surface area (Å²) < 4.78 is 12.0. The fourth-order valence-electron chi connectivity index (χ4n) is 2.16. The van der Waals surface area contributed by atoms with Crippen LogP contribution in [-0.4, -0.2) is 22.0 Å². The number of carbonyl (C=O) groups is 1. The highest BCUT2D eigenvalue weighted by molar-refractivity contribution is 5.91. The first-order valence-electron chi connectivity index (χ1n) is 6.69. The summed E-state index contributed by atoms with van der Waals surface area (Å²) in [7, 11) is 0. The number of fused-ring (bicyclic) bond motifs is 1. The standard InChI is InChI=1S/C16H13N3O3/c1-10-11(2)16(22-15(10)20)21-9-13(7-17)19-14-6-4-3-5-12(14)8-18-19/h3-6,8-9,16H,1-2H3/b13-9+. The molecule has 1 aromatic heterocycles. The first kappa shape index (κ1) is 13.9. The van der Waals surface area contributed by atoms with E-state index in [1.807, 2.05) is 30.3 Å². The Kier molecular flexibility index (Phi) is 3.39. The largest absolute Gasteiger partial charge is 0.455 e. The van der Waals surface area contributed by atoms with Crippen LogP contribution in [0, 0.1) is 11.3 Å². The number of cyclic esters (lactones) is 1. The van der Waals surface area contributed by atoms with Crippen LogP contribution in [-0.2, 0) is 14.3 Å². The van der Waals surface area contributed by atoms with Gasteiger partial charge in [0, 0.05) is 16.5 Å². The minimum Gasteiger partial charge on any atom is -0.455 e. The predicted octanol–water partition coefficient (Wildman–Crippen LogP) is 2.59. The molecule has 1 aliphatic rings. The summed E-state index contributed by atoms with van der Waals surface area (Å²) in [6.07, 6.45) is 2.14. The Hall–Kier alpha value is -3.07. The van der Waals surface area contributed by atoms with Gasteiger partial charge in [-0.3, -0.25) is 0 Å². The Morgan fingerprint density at radius 3 is 2.91 bits per heavy atom. The number of para-hydroxylation sites is 1. The third kappa shape index (κ3) is 2.23. The van der Waals surface area contributed by atoms with Crippen LogP contribution in [0.1, 0.15) is 13.8 Å². The highest BCUT2D eigenvalue weighted by atomic mass is 16.7. The molecule has 2 heterocycles. The van der Waals surface area contributed by atoms with Crippen LogP contribution >= 0.6 is 0 Å². The quantitative estimate of drug-likeness (QED) is 0.494. The zero-order valence-corrected chi connectivity index (χ0v) is 12.1. The van der Waals surface area contributed by atoms with Crippen LogP contribution in [0.3, 0.4) is 0 Å². The van der Waals surface area contributed by atoms with Crippen LogP contribution in [0.4, 0.5) is 0 Å². The van der Waals surface area contributed by atoms with Gasteiger partial charge < -0.3 is 9.47 Å². The minimum atomic E-state index is -0.794. The lowest BCUT2D eigenvalue weighted by atomic mass is 10.2. The highest BCUT2D eigenvalue weighted by Gasteiger charge is 2.29. The maximum Gasteiger partial charge on any atom is 0.337 e. The lowest BCUT2D eigenvalue weighted by Gasteiger charge is -2.11. The first-order valence-corrected chi connectivity index (χ1v) is 6.69. The van der Waals surface area contributed by atoms with Crippen molar-refractivity contribution in [3.8, 4) is 6.07 Å². The molecule has 0 radical (unpaired) electrons. The van der Waals surface area contributed by atoms with Crippen molar-refractivity contribution in [2.24, 2.45) is 0 Å². The van der Waals surface area contributed by atoms with E-state index < -0.39 is 12.3 Å². The number of ether oxygens (including phenoxy) is 2. The maximum absolute atomic E-state index is 11.4. The number of hydrogen-bond donors (Lipinski definition) is 0. The van der Waals surface area contributed by atoms with E-state index in [4.69, 9.17) is 9.47 Å². The Morgan fingerprint density at radius 2 is 2.23 bits per heavy atom. The van der Waals surface area contributed by atoms with Crippen LogP contribution < -0.4 is 0 Å². The maximum atomic E-state index is 11.4. The lowest BCUT2D eigenvalue weighted by molar-refractivity contribution is -0.152. The summed E-state index contributed by atoms with van der Waals surface area (Å²) >= 11 is 0. The lowest BCUT2D eigenvalue weighted by Crippen LogP contribution is -2.13. The van der Waals surface area contributed by atoms with Crippen LogP contribution in [0.2, 0.25) is 0 Å². The topological polar surface area (TPSA) is 77.1 Å². The molecule has 0 spiro atoms. The molecule has 1 atom stereocenters. The molecule has 2 aromatic rings. The second-order valence-electron chi connectivity index (χ2n) is 4.91. The Bertz CT molecular complexity index is 855. The van der Waals surface area contributed by atoms with Crippen molar-refractivity contribution in [2.75, 3.05) is 0 Å². The van der Waals surface area contributed by atoms with Gasteiger partial charge in [0.1, 0.15) is 12.3 Å². The second kappa shape index (κ2) is 5.37. The van der Waals surface area contributed by atoms with Gasteiger partial charge in [-0.15, -0.1) is 0 Å². The van der Waals surface area contributed by atoms with Crippen molar-refractivity contribution in [1.82, 2.24) is 9.78 Å². The number of allylic oxidation sites excluding steroid dienone is 1. The van der Waals surface area contributed by atoms with Crippen molar-refractivity contribution in [3.63, 3.8) is 0 Å². The summed E-state index contributed by atoms with van der Waals surface area (Å²) in [4.78, 5) is 11.4. The summed E-state index contributed by atoms with van der Waals surface area (Å²) in [6, 6.07) is 9.57. The molecular weight excluding hydrogens is 282 g/mol. The molecule has 110 valence electrons. The van der Waals surface area contributed by atoms with Crippen molar-refractivity contribution in [1.29, 1.82) is 5.26 Å². The van der Waals surface area contributed by atoms with Gasteiger partial charge in [-0.25, -0.2) is 9.48 Å². The molecule has 0 saturated carbocycles. The van der Waals surface area contributed by atoms with E-state index in [-0.39, 0.29) is 5.70 Å². The monoisotopic (exact) mass is 295 g/mol. The van der Waals surface area contributed by atoms with E-state index in [1.165, 1.54) is 10.9 Å². The molecule has 0 bridgehead atoms. The fourth-order valence-corrected chi connectivity index (χ4v) is 2.16. The van der Waals surface area contributed by atoms with E-state index in [2.05, 4.69) is 5.10 Å². The third-order valence-electron chi connectivity index (χ3n) is 3.59. The van der Waals surface area contributed by atoms with Gasteiger partial charge in [-0.2, -0.15) is 10.4 Å². The fraction of sp³-hybridized carbons (Fsp3) is 0.188. The van der Waals surface area contributed by atoms with Crippen LogP contribution in [0.25, 0.3) is 16.6 Å². The SMILES string of the molecule is CC1=C(C)C(O/C=C(\C#N)n2ncc3ccccc32)OC1=O. The van der Waals surface area contributed by atoms with E-state index in [9.17, 15) is 10.1 Å². The van der Waals surface area contributed by atoms with Gasteiger partial charge in [0.2, 0.25) is 0 Å². The number of nitriles is 1. The predicted molar refractivity (Wildman–Crippen MR) is 79.0 cm³/mol. The summed E-state index contributed by atoms with van der Waals surface area (Å²) in [5.41, 5.74) is 2.23. The normalized spacial score (nSPS) is 18.5. The van der Waals surface area contributed by atoms with Crippen LogP contribution in [0.15, 0.2) is 47.9 Å². The number of benzene rings is 1. The van der Waals surface area contributed by atoms with Crippen molar-refractivity contribution >= 4 is 22.6 Å². The van der Waals surface area contributed by atoms with Crippen molar-refractivity contribution in [3.05, 3.63) is 47.9 Å². The van der Waals surface area contributed by atoms with E-state index in [0.29, 0.717) is 11.1 Å². The van der Waals surface area contributed by atoms with Gasteiger partial charge in [0.25, 0.3) is 6.29 Å². The molecule has 1 unspecified atom stereocenters. The number of aromatic nitrogens is 2. The number of rotatable bonds is 3. The molecule has 6 nitrogen and oxygen atoms in total. The van der Waals surface area contributed by atoms with E-state index in [0.717, 1.165) is 10.9 Å². The van der Waals surface area contributed by atoms with Crippen molar-refractivity contribution in [2.45, 2.75) is 20.1 Å². The highest BCUT2D eigenvalue weighted by Crippen LogP contribution is 2.24. The molecule has 0 aliphatic carbocycles. The number of esters is 1. The summed E-state index contributed by atoms with van der Waals surface area (Å²) in [6.45, 7) is 3.44. The average molecular weight is 295 g/mol. The number of nitrogens with zero attached hydrogens (tertiary/aromatic N) is 3. The van der Waals surface area contributed by atoms with Gasteiger partial charge in [0.15, 0.2) is 5.70 Å². The molecule has 0 saturated heterocycles. The van der Waals surface area contributed by atoms with Crippen LogP contribution in [0.5, 0.6) is 0 Å². The van der Waals surface area contributed by atoms with E-state index >= 15 is 0 Å². The summed E-state index contributed by atoms with van der Waals surface area (Å²) in [5, 5.41) is 14.4. The molecule has 1 aromatic carbocycles. The molecule has 22 heavy (non-hydrogen) atoms. The third-order valence-corrected chi connectivity index (χ3v) is 3.59. The zero-order chi connectivity index (χ0) is 15.7. The first-order chi connectivity index (χ1) is 10.6. The molecule has 3 rings (SSSR count). The van der Waals surface area contributed by atoms with Gasteiger partial charge in [0.05, 0.1) is 11.7 Å². The Labute approximate surface area is 126 Å². The van der Waals surface area contributed by atoms with Gasteiger partial charge in [-0.1, -0.05) is 18.2 Å². The smallest absolute Gasteiger partial charge is 0.337 e. The molecule has 6 heteroatoms. The Morgan fingerprint density at radius 1 is 1.45 bits per heavy atom. The van der Waals surface area contributed by atoms with Crippen molar-refractivity contribution < 1.29 is 14.3 Å². The zero-order valence-electron chi connectivity index (χ0n) is 12.1.